The highest BCUT2D eigenvalue weighted by Gasteiger charge is 2.19. The average Bonchev–Trinajstić information content (AvgIpc) is 2.41. The van der Waals surface area contributed by atoms with E-state index in [0.29, 0.717) is 19.6 Å². The number of carboxylic acid groups (broad SMARTS) is 1. The van der Waals surface area contributed by atoms with Crippen LogP contribution < -0.4 is 10.6 Å². The van der Waals surface area contributed by atoms with Crippen LogP contribution in [0.4, 0.5) is 4.79 Å². The predicted octanol–water partition coefficient (Wildman–Crippen LogP) is 2.24. The smallest absolute Gasteiger partial charge is 0.314 e. The third-order valence-corrected chi connectivity index (χ3v) is 3.01. The molecule has 6 heteroatoms. The van der Waals surface area contributed by atoms with Crippen molar-refractivity contribution < 1.29 is 19.4 Å². The lowest BCUT2D eigenvalue weighted by molar-refractivity contribution is -0.142. The van der Waals surface area contributed by atoms with Crippen molar-refractivity contribution in [3.05, 3.63) is 0 Å². The Bertz CT molecular complexity index is 295. The molecule has 0 aliphatic rings. The van der Waals surface area contributed by atoms with Gasteiger partial charge in [-0.05, 0) is 25.2 Å². The van der Waals surface area contributed by atoms with Gasteiger partial charge in [-0.15, -0.1) is 0 Å². The third-order valence-electron chi connectivity index (χ3n) is 3.01. The van der Waals surface area contributed by atoms with Crippen molar-refractivity contribution in [1.82, 2.24) is 10.6 Å². The minimum Gasteiger partial charge on any atom is -0.481 e. The molecule has 6 nitrogen and oxygen atoms in total. The maximum atomic E-state index is 11.5. The Morgan fingerprint density at radius 1 is 1.14 bits per heavy atom. The predicted molar refractivity (Wildman–Crippen MR) is 82.3 cm³/mol. The van der Waals surface area contributed by atoms with Crippen LogP contribution in [0.5, 0.6) is 0 Å². The largest absolute Gasteiger partial charge is 0.481 e. The van der Waals surface area contributed by atoms with E-state index < -0.39 is 11.9 Å². The highest BCUT2D eigenvalue weighted by Crippen LogP contribution is 2.10. The first-order chi connectivity index (χ1) is 9.97. The highest BCUT2D eigenvalue weighted by atomic mass is 16.5. The van der Waals surface area contributed by atoms with Crippen molar-refractivity contribution in [2.24, 2.45) is 11.8 Å². The topological polar surface area (TPSA) is 87.7 Å². The van der Waals surface area contributed by atoms with E-state index in [9.17, 15) is 9.59 Å². The standard InChI is InChI=1S/C15H30N2O4/c1-4-5-8-21-9-6-7-16-15(20)17-11-13(14(18)19)10-12(2)3/h12-13H,4-11H2,1-3H3,(H,18,19)(H2,16,17,20). The van der Waals surface area contributed by atoms with Crippen molar-refractivity contribution in [3.8, 4) is 0 Å². The Labute approximate surface area is 127 Å². The molecule has 3 N–H and O–H groups in total. The van der Waals surface area contributed by atoms with Gasteiger partial charge in [0.05, 0.1) is 5.92 Å². The fraction of sp³-hybridized carbons (Fsp3) is 0.867. The summed E-state index contributed by atoms with van der Waals surface area (Å²) < 4.78 is 5.38. The monoisotopic (exact) mass is 302 g/mol. The van der Waals surface area contributed by atoms with Gasteiger partial charge in [0.1, 0.15) is 0 Å². The van der Waals surface area contributed by atoms with E-state index in [1.807, 2.05) is 13.8 Å². The fourth-order valence-electron chi connectivity index (χ4n) is 1.84. The fourth-order valence-corrected chi connectivity index (χ4v) is 1.84. The van der Waals surface area contributed by atoms with Crippen LogP contribution in [0.25, 0.3) is 0 Å². The molecule has 0 aromatic rings. The van der Waals surface area contributed by atoms with Crippen molar-refractivity contribution in [2.45, 2.75) is 46.5 Å². The van der Waals surface area contributed by atoms with Gasteiger partial charge < -0.3 is 20.5 Å². The highest BCUT2D eigenvalue weighted by molar-refractivity contribution is 5.75. The molecule has 0 aromatic carbocycles. The first-order valence-corrected chi connectivity index (χ1v) is 7.79. The van der Waals surface area contributed by atoms with Crippen LogP contribution in [0.3, 0.4) is 0 Å². The third kappa shape index (κ3) is 12.2. The number of hydrogen-bond acceptors (Lipinski definition) is 3. The Balaban J connectivity index is 3.66. The van der Waals surface area contributed by atoms with Gasteiger partial charge in [0.25, 0.3) is 0 Å². The summed E-state index contributed by atoms with van der Waals surface area (Å²) in [6, 6.07) is -0.321. The molecule has 124 valence electrons. The van der Waals surface area contributed by atoms with Gasteiger partial charge in [-0.25, -0.2) is 4.79 Å². The summed E-state index contributed by atoms with van der Waals surface area (Å²) in [7, 11) is 0. The molecule has 0 radical (unpaired) electrons. The molecular weight excluding hydrogens is 272 g/mol. The summed E-state index contributed by atoms with van der Waals surface area (Å²) in [5.41, 5.74) is 0. The lowest BCUT2D eigenvalue weighted by Crippen LogP contribution is -2.40. The summed E-state index contributed by atoms with van der Waals surface area (Å²) in [4.78, 5) is 22.6. The number of urea groups is 1. The molecule has 0 rings (SSSR count). The Morgan fingerprint density at radius 2 is 1.81 bits per heavy atom. The van der Waals surface area contributed by atoms with Gasteiger partial charge in [-0.3, -0.25) is 4.79 Å². The van der Waals surface area contributed by atoms with Gasteiger partial charge in [0.15, 0.2) is 0 Å². The number of rotatable bonds is 12. The zero-order valence-corrected chi connectivity index (χ0v) is 13.5. The minimum absolute atomic E-state index is 0.159. The number of carbonyl (C=O) groups excluding carboxylic acids is 1. The number of hydrogen-bond donors (Lipinski definition) is 3. The Morgan fingerprint density at radius 3 is 2.38 bits per heavy atom. The van der Waals surface area contributed by atoms with Crippen LogP contribution in [-0.4, -0.2) is 43.4 Å². The van der Waals surface area contributed by atoms with E-state index in [-0.39, 0.29) is 18.5 Å². The van der Waals surface area contributed by atoms with Crippen LogP contribution in [0.1, 0.15) is 46.5 Å². The van der Waals surface area contributed by atoms with E-state index in [0.717, 1.165) is 25.9 Å². The molecule has 0 spiro atoms. The normalized spacial score (nSPS) is 12.2. The molecule has 1 atom stereocenters. The summed E-state index contributed by atoms with van der Waals surface area (Å²) >= 11 is 0. The number of aliphatic carboxylic acids is 1. The zero-order valence-electron chi connectivity index (χ0n) is 13.5. The van der Waals surface area contributed by atoms with Crippen molar-refractivity contribution >= 4 is 12.0 Å². The van der Waals surface area contributed by atoms with Crippen molar-refractivity contribution in [1.29, 1.82) is 0 Å². The van der Waals surface area contributed by atoms with Crippen LogP contribution >= 0.6 is 0 Å². The first-order valence-electron chi connectivity index (χ1n) is 7.79. The van der Waals surface area contributed by atoms with Crippen molar-refractivity contribution in [3.63, 3.8) is 0 Å². The Hall–Kier alpha value is -1.30. The molecule has 0 aromatic heterocycles. The minimum atomic E-state index is -0.867. The molecule has 21 heavy (non-hydrogen) atoms. The molecule has 0 fully saturated rings. The Kier molecular flexibility index (Phi) is 11.7. The van der Waals surface area contributed by atoms with Gasteiger partial charge in [0, 0.05) is 26.3 Å². The first kappa shape index (κ1) is 19.7. The van der Waals surface area contributed by atoms with E-state index in [4.69, 9.17) is 9.84 Å². The second-order valence-electron chi connectivity index (χ2n) is 5.62. The van der Waals surface area contributed by atoms with Gasteiger partial charge in [0.2, 0.25) is 0 Å². The van der Waals surface area contributed by atoms with Crippen LogP contribution in [0.15, 0.2) is 0 Å². The number of carboxylic acids is 1. The molecule has 0 saturated heterocycles. The molecule has 0 saturated carbocycles. The van der Waals surface area contributed by atoms with E-state index in [1.165, 1.54) is 0 Å². The number of nitrogens with one attached hydrogen (secondary N) is 2. The number of amides is 2. The van der Waals surface area contributed by atoms with Gasteiger partial charge in [-0.2, -0.15) is 0 Å². The molecule has 0 aliphatic carbocycles. The van der Waals surface area contributed by atoms with E-state index >= 15 is 0 Å². The summed E-state index contributed by atoms with van der Waals surface area (Å²) in [5, 5.41) is 14.4. The second-order valence-corrected chi connectivity index (χ2v) is 5.62. The number of unbranched alkanes of at least 4 members (excludes halogenated alkanes) is 1. The number of ether oxygens (including phenoxy) is 1. The molecule has 2 amide bonds. The molecule has 0 heterocycles. The maximum absolute atomic E-state index is 11.5. The lowest BCUT2D eigenvalue weighted by atomic mass is 9.97. The molecular formula is C15H30N2O4. The SMILES string of the molecule is CCCCOCCCNC(=O)NCC(CC(C)C)C(=O)O. The van der Waals surface area contributed by atoms with Crippen molar-refractivity contribution in [2.75, 3.05) is 26.3 Å². The number of carbonyl (C=O) groups is 2. The quantitative estimate of drug-likeness (QED) is 0.482. The second kappa shape index (κ2) is 12.4. The average molecular weight is 302 g/mol. The van der Waals surface area contributed by atoms with E-state index in [2.05, 4.69) is 17.6 Å². The zero-order chi connectivity index (χ0) is 16.1. The van der Waals surface area contributed by atoms with Crippen LogP contribution in [-0.2, 0) is 9.53 Å². The molecule has 0 bridgehead atoms. The van der Waals surface area contributed by atoms with Crippen LogP contribution in [0, 0.1) is 11.8 Å². The summed E-state index contributed by atoms with van der Waals surface area (Å²) in [6.45, 7) is 8.12. The van der Waals surface area contributed by atoms with Crippen LogP contribution in [0.2, 0.25) is 0 Å². The molecule has 1 unspecified atom stereocenters. The van der Waals surface area contributed by atoms with E-state index in [1.54, 1.807) is 0 Å². The van der Waals surface area contributed by atoms with Gasteiger partial charge in [-0.1, -0.05) is 27.2 Å². The van der Waals surface area contributed by atoms with Gasteiger partial charge >= 0.3 is 12.0 Å². The summed E-state index contributed by atoms with van der Waals surface area (Å²) in [5.74, 6) is -1.11. The summed E-state index contributed by atoms with van der Waals surface area (Å²) in [6.07, 6.45) is 3.48. The lowest BCUT2D eigenvalue weighted by Gasteiger charge is -2.15. The maximum Gasteiger partial charge on any atom is 0.314 e. The molecule has 0 aliphatic heterocycles.